The minimum Gasteiger partial charge on any atom is -0.497 e. The number of hydrogen-bond acceptors (Lipinski definition) is 5. The summed E-state index contributed by atoms with van der Waals surface area (Å²) in [5, 5.41) is 2.88. The molecule has 132 valence electrons. The molecule has 7 heteroatoms. The standard InChI is InChI=1S/C17H24N2O5/c1-22-7-6-19-11-13(9-16(19)20)17(21)18-10-12-8-14(23-2)4-5-15(12)24-3/h4-5,8,13H,6-7,9-11H2,1-3H3,(H,18,21)/t13-/m0/s1. The average Bonchev–Trinajstić information content (AvgIpc) is 2.98. The second-order valence-corrected chi connectivity index (χ2v) is 5.63. The molecule has 2 amide bonds. The number of nitrogens with one attached hydrogen (secondary N) is 1. The number of rotatable bonds is 8. The Balaban J connectivity index is 1.93. The summed E-state index contributed by atoms with van der Waals surface area (Å²) in [5.41, 5.74) is 0.825. The number of amides is 2. The zero-order chi connectivity index (χ0) is 17.5. The molecule has 7 nitrogen and oxygen atoms in total. The highest BCUT2D eigenvalue weighted by Gasteiger charge is 2.33. The highest BCUT2D eigenvalue weighted by atomic mass is 16.5. The van der Waals surface area contributed by atoms with Gasteiger partial charge in [0, 0.05) is 38.7 Å². The van der Waals surface area contributed by atoms with Crippen molar-refractivity contribution in [1.82, 2.24) is 10.2 Å². The number of ether oxygens (including phenoxy) is 3. The summed E-state index contributed by atoms with van der Waals surface area (Å²) in [6, 6.07) is 5.42. The zero-order valence-electron chi connectivity index (χ0n) is 14.3. The van der Waals surface area contributed by atoms with E-state index in [0.717, 1.165) is 5.56 Å². The first-order valence-electron chi connectivity index (χ1n) is 7.84. The van der Waals surface area contributed by atoms with Crippen LogP contribution in [0, 0.1) is 5.92 Å². The number of likely N-dealkylation sites (tertiary alicyclic amines) is 1. The summed E-state index contributed by atoms with van der Waals surface area (Å²) < 4.78 is 15.5. The predicted octanol–water partition coefficient (Wildman–Crippen LogP) is 0.815. The summed E-state index contributed by atoms with van der Waals surface area (Å²) in [6.45, 7) is 1.75. The van der Waals surface area contributed by atoms with Crippen LogP contribution in [0.2, 0.25) is 0 Å². The van der Waals surface area contributed by atoms with Crippen LogP contribution in [0.5, 0.6) is 11.5 Å². The molecule has 0 aromatic heterocycles. The van der Waals surface area contributed by atoms with Gasteiger partial charge in [-0.15, -0.1) is 0 Å². The summed E-state index contributed by atoms with van der Waals surface area (Å²) in [4.78, 5) is 25.9. The fourth-order valence-corrected chi connectivity index (χ4v) is 2.71. The largest absolute Gasteiger partial charge is 0.497 e. The van der Waals surface area contributed by atoms with Crippen LogP contribution in [-0.2, 0) is 20.9 Å². The Bertz CT molecular complexity index is 590. The van der Waals surface area contributed by atoms with Gasteiger partial charge in [-0.1, -0.05) is 0 Å². The molecule has 0 radical (unpaired) electrons. The normalized spacial score (nSPS) is 17.0. The molecule has 1 aromatic rings. The van der Waals surface area contributed by atoms with E-state index in [2.05, 4.69) is 5.32 Å². The number of carbonyl (C=O) groups excluding carboxylic acids is 2. The summed E-state index contributed by atoms with van der Waals surface area (Å²) in [6.07, 6.45) is 0.241. The maximum absolute atomic E-state index is 12.3. The lowest BCUT2D eigenvalue weighted by Crippen LogP contribution is -2.33. The van der Waals surface area contributed by atoms with Gasteiger partial charge < -0.3 is 24.4 Å². The molecule has 0 aliphatic carbocycles. The van der Waals surface area contributed by atoms with Crippen molar-refractivity contribution < 1.29 is 23.8 Å². The minimum atomic E-state index is -0.328. The van der Waals surface area contributed by atoms with Gasteiger partial charge in [-0.2, -0.15) is 0 Å². The molecule has 0 unspecified atom stereocenters. The fourth-order valence-electron chi connectivity index (χ4n) is 2.71. The van der Waals surface area contributed by atoms with E-state index in [1.54, 1.807) is 38.4 Å². The average molecular weight is 336 g/mol. The monoisotopic (exact) mass is 336 g/mol. The molecule has 1 aliphatic heterocycles. The van der Waals surface area contributed by atoms with Gasteiger partial charge in [0.2, 0.25) is 11.8 Å². The number of carbonyl (C=O) groups is 2. The van der Waals surface area contributed by atoms with Gasteiger partial charge in [0.25, 0.3) is 0 Å². The molecule has 1 saturated heterocycles. The molecule has 1 aromatic carbocycles. The molecule has 1 fully saturated rings. The topological polar surface area (TPSA) is 77.1 Å². The van der Waals surface area contributed by atoms with Crippen molar-refractivity contribution >= 4 is 11.8 Å². The Morgan fingerprint density at radius 1 is 1.29 bits per heavy atom. The third kappa shape index (κ3) is 4.38. The maximum atomic E-state index is 12.3. The van der Waals surface area contributed by atoms with Crippen LogP contribution < -0.4 is 14.8 Å². The van der Waals surface area contributed by atoms with E-state index in [9.17, 15) is 9.59 Å². The molecule has 2 rings (SSSR count). The van der Waals surface area contributed by atoms with Crippen LogP contribution in [0.15, 0.2) is 18.2 Å². The summed E-state index contributed by atoms with van der Waals surface area (Å²) in [5.74, 6) is 0.910. The third-order valence-electron chi connectivity index (χ3n) is 4.09. The van der Waals surface area contributed by atoms with Crippen molar-refractivity contribution in [2.75, 3.05) is 41.0 Å². The fraction of sp³-hybridized carbons (Fsp3) is 0.529. The first-order chi connectivity index (χ1) is 11.6. The number of benzene rings is 1. The molecule has 0 bridgehead atoms. The Morgan fingerprint density at radius 3 is 2.75 bits per heavy atom. The first-order valence-corrected chi connectivity index (χ1v) is 7.84. The second kappa shape index (κ2) is 8.54. The van der Waals surface area contributed by atoms with Crippen molar-refractivity contribution in [3.63, 3.8) is 0 Å². The lowest BCUT2D eigenvalue weighted by molar-refractivity contribution is -0.129. The maximum Gasteiger partial charge on any atom is 0.225 e. The van der Waals surface area contributed by atoms with Crippen LogP contribution in [0.3, 0.4) is 0 Å². The summed E-state index contributed by atoms with van der Waals surface area (Å²) in [7, 11) is 4.76. The van der Waals surface area contributed by atoms with Crippen molar-refractivity contribution in [2.24, 2.45) is 5.92 Å². The third-order valence-corrected chi connectivity index (χ3v) is 4.09. The van der Waals surface area contributed by atoms with E-state index >= 15 is 0 Å². The van der Waals surface area contributed by atoms with Crippen molar-refractivity contribution in [3.8, 4) is 11.5 Å². The number of hydrogen-bond donors (Lipinski definition) is 1. The van der Waals surface area contributed by atoms with Crippen molar-refractivity contribution in [3.05, 3.63) is 23.8 Å². The van der Waals surface area contributed by atoms with Gasteiger partial charge in [-0.3, -0.25) is 9.59 Å². The van der Waals surface area contributed by atoms with E-state index in [1.807, 2.05) is 6.07 Å². The Kier molecular flexibility index (Phi) is 6.43. The van der Waals surface area contributed by atoms with Gasteiger partial charge >= 0.3 is 0 Å². The smallest absolute Gasteiger partial charge is 0.225 e. The first kappa shape index (κ1) is 18.1. The Labute approximate surface area is 141 Å². The van der Waals surface area contributed by atoms with E-state index in [-0.39, 0.29) is 24.2 Å². The highest BCUT2D eigenvalue weighted by molar-refractivity contribution is 5.89. The molecule has 1 atom stereocenters. The van der Waals surface area contributed by atoms with Gasteiger partial charge in [0.05, 0.1) is 26.7 Å². The van der Waals surface area contributed by atoms with Gasteiger partial charge in [0.15, 0.2) is 0 Å². The van der Waals surface area contributed by atoms with E-state index in [1.165, 1.54) is 0 Å². The van der Waals surface area contributed by atoms with Crippen molar-refractivity contribution in [2.45, 2.75) is 13.0 Å². The molecule has 24 heavy (non-hydrogen) atoms. The molecular formula is C17H24N2O5. The molecule has 0 saturated carbocycles. The van der Waals surface area contributed by atoms with Gasteiger partial charge in [0.1, 0.15) is 11.5 Å². The number of nitrogens with zero attached hydrogens (tertiary/aromatic N) is 1. The lowest BCUT2D eigenvalue weighted by Gasteiger charge is -2.16. The van der Waals surface area contributed by atoms with Gasteiger partial charge in [-0.25, -0.2) is 0 Å². The molecule has 1 heterocycles. The molecular weight excluding hydrogens is 312 g/mol. The second-order valence-electron chi connectivity index (χ2n) is 5.63. The van der Waals surface area contributed by atoms with Crippen LogP contribution in [0.4, 0.5) is 0 Å². The van der Waals surface area contributed by atoms with Crippen LogP contribution >= 0.6 is 0 Å². The highest BCUT2D eigenvalue weighted by Crippen LogP contribution is 2.24. The Morgan fingerprint density at radius 2 is 2.08 bits per heavy atom. The minimum absolute atomic E-state index is 0.00818. The predicted molar refractivity (Wildman–Crippen MR) is 88.0 cm³/mol. The quantitative estimate of drug-likeness (QED) is 0.760. The zero-order valence-corrected chi connectivity index (χ0v) is 14.3. The molecule has 1 N–H and O–H groups in total. The molecule has 0 spiro atoms. The van der Waals surface area contributed by atoms with Gasteiger partial charge in [-0.05, 0) is 18.2 Å². The van der Waals surface area contributed by atoms with Crippen LogP contribution in [0.25, 0.3) is 0 Å². The number of methoxy groups -OCH3 is 3. The van der Waals surface area contributed by atoms with E-state index < -0.39 is 0 Å². The van der Waals surface area contributed by atoms with E-state index in [0.29, 0.717) is 37.7 Å². The SMILES string of the molecule is COCCN1C[C@@H](C(=O)NCc2cc(OC)ccc2OC)CC1=O. The lowest BCUT2D eigenvalue weighted by atomic mass is 10.1. The van der Waals surface area contributed by atoms with Crippen molar-refractivity contribution in [1.29, 1.82) is 0 Å². The summed E-state index contributed by atoms with van der Waals surface area (Å²) >= 11 is 0. The van der Waals surface area contributed by atoms with Crippen LogP contribution in [0.1, 0.15) is 12.0 Å². The van der Waals surface area contributed by atoms with Crippen LogP contribution in [-0.4, -0.2) is 57.7 Å². The molecule has 1 aliphatic rings. The Hall–Kier alpha value is -2.28. The van der Waals surface area contributed by atoms with E-state index in [4.69, 9.17) is 14.2 Å².